The molecule has 2 rings (SSSR count). The number of fused-ring (bicyclic) bond motifs is 1. The van der Waals surface area contributed by atoms with Gasteiger partial charge >= 0.3 is 0 Å². The van der Waals surface area contributed by atoms with Crippen molar-refractivity contribution in [1.82, 2.24) is 9.47 Å². The van der Waals surface area contributed by atoms with Crippen molar-refractivity contribution in [3.05, 3.63) is 30.5 Å². The highest BCUT2D eigenvalue weighted by Crippen LogP contribution is 2.21. The molecule has 0 aliphatic rings. The average molecular weight is 357 g/mol. The largest absolute Gasteiger partial charge is 0.346 e. The van der Waals surface area contributed by atoms with Gasteiger partial charge in [-0.3, -0.25) is 4.79 Å². The van der Waals surface area contributed by atoms with Crippen LogP contribution in [0.25, 0.3) is 10.9 Å². The molecule has 1 amide bonds. The van der Waals surface area contributed by atoms with Gasteiger partial charge in [0, 0.05) is 37.8 Å². The van der Waals surface area contributed by atoms with Crippen molar-refractivity contribution in [3.63, 3.8) is 0 Å². The number of nitrogens with zero attached hydrogens (tertiary/aromatic N) is 2. The maximum absolute atomic E-state index is 12.1. The summed E-state index contributed by atoms with van der Waals surface area (Å²) < 4.78 is 2.22. The van der Waals surface area contributed by atoms with Crippen LogP contribution in [-0.4, -0.2) is 41.8 Å². The monoisotopic (exact) mass is 357 g/mol. The molecule has 5 nitrogen and oxygen atoms in total. The van der Waals surface area contributed by atoms with Gasteiger partial charge in [-0.1, -0.05) is 18.9 Å². The molecule has 0 saturated heterocycles. The number of carbonyl (C=O) groups excluding carboxylic acids is 2. The minimum Gasteiger partial charge on any atom is -0.346 e. The number of carbonyl (C=O) groups is 2. The molecule has 0 bridgehead atoms. The summed E-state index contributed by atoms with van der Waals surface area (Å²) in [7, 11) is 4.13. The lowest BCUT2D eigenvalue weighted by molar-refractivity contribution is -0.117. The van der Waals surface area contributed by atoms with Gasteiger partial charge in [0.15, 0.2) is 0 Å². The minimum atomic E-state index is 0.0577. The lowest BCUT2D eigenvalue weighted by Gasteiger charge is -2.12. The molecule has 0 saturated carbocycles. The van der Waals surface area contributed by atoms with E-state index in [1.165, 1.54) is 5.39 Å². The van der Waals surface area contributed by atoms with E-state index in [0.717, 1.165) is 50.0 Å². The maximum Gasteiger partial charge on any atom is 0.224 e. The third-order valence-corrected chi connectivity index (χ3v) is 4.53. The maximum atomic E-state index is 12.1. The molecule has 26 heavy (non-hydrogen) atoms. The molecule has 1 aromatic heterocycles. The van der Waals surface area contributed by atoms with Crippen molar-refractivity contribution in [2.45, 2.75) is 52.0 Å². The number of Topliss-reactive ketones (excluding diaryl/α,β-unsaturated/α-hetero) is 1. The van der Waals surface area contributed by atoms with Gasteiger partial charge < -0.3 is 19.6 Å². The molecule has 2 aromatic rings. The van der Waals surface area contributed by atoms with Gasteiger partial charge in [0.1, 0.15) is 5.78 Å². The van der Waals surface area contributed by atoms with Gasteiger partial charge in [-0.15, -0.1) is 0 Å². The molecule has 1 aromatic carbocycles. The van der Waals surface area contributed by atoms with Crippen LogP contribution in [0.4, 0.5) is 5.69 Å². The molecule has 0 atom stereocenters. The van der Waals surface area contributed by atoms with Crippen LogP contribution in [0.15, 0.2) is 30.5 Å². The topological polar surface area (TPSA) is 54.3 Å². The summed E-state index contributed by atoms with van der Waals surface area (Å²) in [6, 6.07) is 8.18. The summed E-state index contributed by atoms with van der Waals surface area (Å²) in [5.41, 5.74) is 2.00. The van der Waals surface area contributed by atoms with Crippen LogP contribution >= 0.6 is 0 Å². The molecule has 5 heteroatoms. The molecule has 0 radical (unpaired) electrons. The van der Waals surface area contributed by atoms with Gasteiger partial charge in [-0.05, 0) is 57.4 Å². The van der Waals surface area contributed by atoms with Crippen LogP contribution in [0.1, 0.15) is 45.4 Å². The Morgan fingerprint density at radius 2 is 1.77 bits per heavy atom. The highest BCUT2D eigenvalue weighted by Gasteiger charge is 2.06. The van der Waals surface area contributed by atoms with Crippen LogP contribution < -0.4 is 5.32 Å². The number of unbranched alkanes of at least 4 members (excludes halogenated alkanes) is 3. The van der Waals surface area contributed by atoms with E-state index in [-0.39, 0.29) is 11.7 Å². The number of hydrogen-bond donors (Lipinski definition) is 1. The number of hydrogen-bond acceptors (Lipinski definition) is 3. The Morgan fingerprint density at radius 1 is 1.04 bits per heavy atom. The first kappa shape index (κ1) is 20.2. The van der Waals surface area contributed by atoms with E-state index in [9.17, 15) is 9.59 Å². The molecule has 142 valence electrons. The van der Waals surface area contributed by atoms with Gasteiger partial charge in [0.2, 0.25) is 5.91 Å². The predicted molar refractivity (Wildman–Crippen MR) is 108 cm³/mol. The van der Waals surface area contributed by atoms with E-state index < -0.39 is 0 Å². The van der Waals surface area contributed by atoms with Crippen LogP contribution in [-0.2, 0) is 16.1 Å². The number of amides is 1. The molecule has 0 fully saturated rings. The lowest BCUT2D eigenvalue weighted by atomic mass is 10.1. The van der Waals surface area contributed by atoms with Crippen molar-refractivity contribution in [2.75, 3.05) is 26.0 Å². The van der Waals surface area contributed by atoms with Gasteiger partial charge in [-0.2, -0.15) is 0 Å². The number of benzene rings is 1. The molecule has 1 heterocycles. The van der Waals surface area contributed by atoms with E-state index in [1.54, 1.807) is 6.92 Å². The fourth-order valence-corrected chi connectivity index (χ4v) is 3.00. The zero-order valence-electron chi connectivity index (χ0n) is 16.3. The van der Waals surface area contributed by atoms with E-state index >= 15 is 0 Å². The summed E-state index contributed by atoms with van der Waals surface area (Å²) >= 11 is 0. The molecular weight excluding hydrogens is 326 g/mol. The van der Waals surface area contributed by atoms with Crippen molar-refractivity contribution in [1.29, 1.82) is 0 Å². The first-order valence-electron chi connectivity index (χ1n) is 9.48. The van der Waals surface area contributed by atoms with Crippen molar-refractivity contribution in [3.8, 4) is 0 Å². The third-order valence-electron chi connectivity index (χ3n) is 4.53. The van der Waals surface area contributed by atoms with E-state index in [4.69, 9.17) is 0 Å². The Labute approximate surface area is 156 Å². The second-order valence-electron chi connectivity index (χ2n) is 7.25. The lowest BCUT2D eigenvalue weighted by Crippen LogP contribution is -2.18. The van der Waals surface area contributed by atoms with Crippen molar-refractivity contribution < 1.29 is 9.59 Å². The zero-order chi connectivity index (χ0) is 18.9. The summed E-state index contributed by atoms with van der Waals surface area (Å²) in [6.45, 7) is 3.53. The average Bonchev–Trinajstić information content (AvgIpc) is 2.98. The van der Waals surface area contributed by atoms with Crippen LogP contribution in [0, 0.1) is 0 Å². The molecule has 0 aliphatic heterocycles. The highest BCUT2D eigenvalue weighted by molar-refractivity contribution is 5.93. The standard InChI is InChI=1S/C21H31N3O2/c1-17(25)8-6-4-5-7-9-21(26)22-19-11-10-18-12-13-24(20(18)16-19)15-14-23(2)3/h10-13,16H,4-9,14-15H2,1-3H3,(H,22,26). The normalized spacial score (nSPS) is 11.2. The smallest absolute Gasteiger partial charge is 0.224 e. The molecule has 0 unspecified atom stereocenters. The van der Waals surface area contributed by atoms with Crippen LogP contribution in [0.3, 0.4) is 0 Å². The second-order valence-corrected chi connectivity index (χ2v) is 7.25. The van der Waals surface area contributed by atoms with Crippen molar-refractivity contribution >= 4 is 28.3 Å². The Hall–Kier alpha value is -2.14. The SMILES string of the molecule is CC(=O)CCCCCCC(=O)Nc1ccc2ccn(CCN(C)C)c2c1. The second kappa shape index (κ2) is 10.1. The van der Waals surface area contributed by atoms with Crippen LogP contribution in [0.2, 0.25) is 0 Å². The highest BCUT2D eigenvalue weighted by atomic mass is 16.1. The number of anilines is 1. The summed E-state index contributed by atoms with van der Waals surface area (Å²) in [5, 5.41) is 4.20. The Bertz CT molecular complexity index is 734. The minimum absolute atomic E-state index is 0.0577. The van der Waals surface area contributed by atoms with Crippen molar-refractivity contribution in [2.24, 2.45) is 0 Å². The van der Waals surface area contributed by atoms with Crippen LogP contribution in [0.5, 0.6) is 0 Å². The van der Waals surface area contributed by atoms with E-state index in [2.05, 4.69) is 53.3 Å². The number of likely N-dealkylation sites (N-methyl/N-ethyl adjacent to an activating group) is 1. The quantitative estimate of drug-likeness (QED) is 0.617. The molecular formula is C21H31N3O2. The third kappa shape index (κ3) is 6.64. The first-order chi connectivity index (χ1) is 12.5. The van der Waals surface area contributed by atoms with E-state index in [1.807, 2.05) is 6.07 Å². The number of aromatic nitrogens is 1. The Balaban J connectivity index is 1.82. The fraction of sp³-hybridized carbons (Fsp3) is 0.524. The number of nitrogens with one attached hydrogen (secondary N) is 1. The Kier molecular flexibility index (Phi) is 7.85. The predicted octanol–water partition coefficient (Wildman–Crippen LogP) is 4.07. The van der Waals surface area contributed by atoms with Gasteiger partial charge in [-0.25, -0.2) is 0 Å². The van der Waals surface area contributed by atoms with E-state index in [0.29, 0.717) is 12.8 Å². The van der Waals surface area contributed by atoms with Gasteiger partial charge in [0.25, 0.3) is 0 Å². The summed E-state index contributed by atoms with van der Waals surface area (Å²) in [6.07, 6.45) is 7.08. The fourth-order valence-electron chi connectivity index (χ4n) is 3.00. The molecule has 0 spiro atoms. The number of rotatable bonds is 11. The first-order valence-corrected chi connectivity index (χ1v) is 9.48. The molecule has 1 N–H and O–H groups in total. The number of ketones is 1. The zero-order valence-corrected chi connectivity index (χ0v) is 16.3. The Morgan fingerprint density at radius 3 is 2.46 bits per heavy atom. The van der Waals surface area contributed by atoms with Gasteiger partial charge in [0.05, 0.1) is 5.52 Å². The molecule has 0 aliphatic carbocycles. The summed E-state index contributed by atoms with van der Waals surface area (Å²) in [4.78, 5) is 25.2. The summed E-state index contributed by atoms with van der Waals surface area (Å²) in [5.74, 6) is 0.302.